The van der Waals surface area contributed by atoms with Gasteiger partial charge in [0, 0.05) is 23.8 Å². The lowest BCUT2D eigenvalue weighted by atomic mass is 10.0. The van der Waals surface area contributed by atoms with E-state index in [1.165, 1.54) is 6.07 Å². The van der Waals surface area contributed by atoms with E-state index < -0.39 is 17.8 Å². The summed E-state index contributed by atoms with van der Waals surface area (Å²) in [5.74, 6) is -1.15. The highest BCUT2D eigenvalue weighted by Gasteiger charge is 2.08. The van der Waals surface area contributed by atoms with Crippen molar-refractivity contribution < 1.29 is 28.2 Å². The van der Waals surface area contributed by atoms with Crippen LogP contribution < -0.4 is 9.47 Å². The second kappa shape index (κ2) is 8.98. The predicted molar refractivity (Wildman–Crippen MR) is 93.7 cm³/mol. The number of esters is 2. The van der Waals surface area contributed by atoms with Gasteiger partial charge in [-0.05, 0) is 29.8 Å². The van der Waals surface area contributed by atoms with Crippen molar-refractivity contribution in [3.05, 3.63) is 86.1 Å². The Bertz CT molecular complexity index is 853. The highest BCUT2D eigenvalue weighted by molar-refractivity contribution is 5.83. The summed E-state index contributed by atoms with van der Waals surface area (Å²) in [4.78, 5) is 22.0. The van der Waals surface area contributed by atoms with Gasteiger partial charge in [-0.3, -0.25) is 0 Å². The van der Waals surface area contributed by atoms with Crippen LogP contribution in [-0.4, -0.2) is 11.9 Å². The topological polar surface area (TPSA) is 61.8 Å². The highest BCUT2D eigenvalue weighted by Crippen LogP contribution is 2.28. The molecule has 5 nitrogen and oxygen atoms in total. The number of ether oxygens (including phenoxy) is 3. The molecule has 0 amide bonds. The monoisotopic (exact) mass is 354 g/mol. The molecule has 0 atom stereocenters. The van der Waals surface area contributed by atoms with E-state index in [1.807, 2.05) is 0 Å². The van der Waals surface area contributed by atoms with Gasteiger partial charge in [-0.1, -0.05) is 25.3 Å². The van der Waals surface area contributed by atoms with Gasteiger partial charge in [0.2, 0.25) is 0 Å². The zero-order chi connectivity index (χ0) is 18.9. The maximum atomic E-state index is 14.3. The third-order valence-electron chi connectivity index (χ3n) is 3.10. The number of hydrogen-bond acceptors (Lipinski definition) is 5. The molecule has 0 aromatic heterocycles. The van der Waals surface area contributed by atoms with E-state index in [-0.39, 0.29) is 5.75 Å². The van der Waals surface area contributed by atoms with E-state index in [0.717, 1.165) is 24.7 Å². The van der Waals surface area contributed by atoms with E-state index in [1.54, 1.807) is 36.4 Å². The first kappa shape index (κ1) is 18.7. The number of rotatable bonds is 7. The van der Waals surface area contributed by atoms with Crippen LogP contribution in [0.4, 0.5) is 4.39 Å². The molecule has 2 aromatic carbocycles. The molecule has 0 aliphatic carbocycles. The Labute approximate surface area is 149 Å². The van der Waals surface area contributed by atoms with Crippen molar-refractivity contribution in [2.75, 3.05) is 0 Å². The van der Waals surface area contributed by atoms with Crippen LogP contribution in [0.2, 0.25) is 0 Å². The minimum absolute atomic E-state index is 0.230. The summed E-state index contributed by atoms with van der Waals surface area (Å²) in [7, 11) is 0. The predicted octanol–water partition coefficient (Wildman–Crippen LogP) is 4.16. The molecule has 0 aliphatic rings. The number of carbonyl (C=O) groups is 2. The minimum Gasteiger partial charge on any atom is -0.462 e. The summed E-state index contributed by atoms with van der Waals surface area (Å²) in [6, 6.07) is 10.6. The Morgan fingerprint density at radius 2 is 1.54 bits per heavy atom. The third kappa shape index (κ3) is 5.17. The zero-order valence-corrected chi connectivity index (χ0v) is 13.7. The van der Waals surface area contributed by atoms with Gasteiger partial charge in [0.1, 0.15) is 29.8 Å². The van der Waals surface area contributed by atoms with Crippen LogP contribution in [0, 0.1) is 5.82 Å². The summed E-state index contributed by atoms with van der Waals surface area (Å²) >= 11 is 0. The smallest absolute Gasteiger partial charge is 0.335 e. The van der Waals surface area contributed by atoms with Crippen LogP contribution >= 0.6 is 0 Å². The van der Waals surface area contributed by atoms with E-state index in [0.29, 0.717) is 16.9 Å². The van der Waals surface area contributed by atoms with Gasteiger partial charge in [-0.25, -0.2) is 14.0 Å². The summed E-state index contributed by atoms with van der Waals surface area (Å²) in [6.07, 6.45) is 4.19. The van der Waals surface area contributed by atoms with Crippen molar-refractivity contribution in [1.82, 2.24) is 0 Å². The number of carbonyl (C=O) groups excluding carboxylic acids is 2. The van der Waals surface area contributed by atoms with Gasteiger partial charge in [0.25, 0.3) is 0 Å². The standard InChI is InChI=1S/C20H15FO5/c1-3-19(22)25-12-11-24-16-9-10-17(18(21)13-16)14-5-7-15(8-6-14)26-20(23)4-2/h3-13H,1-2H2/b12-11-. The average molecular weight is 354 g/mol. The summed E-state index contributed by atoms with van der Waals surface area (Å²) in [5, 5.41) is 0. The molecule has 0 fully saturated rings. The fourth-order valence-corrected chi connectivity index (χ4v) is 1.91. The third-order valence-corrected chi connectivity index (χ3v) is 3.10. The maximum Gasteiger partial charge on any atom is 0.335 e. The molecule has 0 saturated heterocycles. The largest absolute Gasteiger partial charge is 0.462 e. The fraction of sp³-hybridized carbons (Fsp3) is 0. The van der Waals surface area contributed by atoms with Crippen molar-refractivity contribution >= 4 is 11.9 Å². The van der Waals surface area contributed by atoms with Gasteiger partial charge in [0.15, 0.2) is 0 Å². The van der Waals surface area contributed by atoms with Crippen LogP contribution in [0.3, 0.4) is 0 Å². The number of hydrogen-bond donors (Lipinski definition) is 0. The van der Waals surface area contributed by atoms with Crippen molar-refractivity contribution in [3.8, 4) is 22.6 Å². The lowest BCUT2D eigenvalue weighted by Crippen LogP contribution is -2.02. The highest BCUT2D eigenvalue weighted by atomic mass is 19.1. The Hall–Kier alpha value is -3.67. The lowest BCUT2D eigenvalue weighted by Gasteiger charge is -2.07. The van der Waals surface area contributed by atoms with Gasteiger partial charge in [-0.2, -0.15) is 0 Å². The Morgan fingerprint density at radius 1 is 0.885 bits per heavy atom. The molecule has 0 unspecified atom stereocenters. The maximum absolute atomic E-state index is 14.3. The average Bonchev–Trinajstić information content (AvgIpc) is 2.65. The van der Waals surface area contributed by atoms with E-state index in [9.17, 15) is 14.0 Å². The van der Waals surface area contributed by atoms with Gasteiger partial charge >= 0.3 is 11.9 Å². The first-order valence-corrected chi connectivity index (χ1v) is 7.42. The molecular weight excluding hydrogens is 339 g/mol. The number of benzene rings is 2. The zero-order valence-electron chi connectivity index (χ0n) is 13.7. The van der Waals surface area contributed by atoms with Gasteiger partial charge in [-0.15, -0.1) is 0 Å². The first-order chi connectivity index (χ1) is 12.5. The van der Waals surface area contributed by atoms with E-state index in [2.05, 4.69) is 17.9 Å². The Balaban J connectivity index is 2.07. The molecule has 0 bridgehead atoms. The Morgan fingerprint density at radius 3 is 2.15 bits per heavy atom. The SMILES string of the molecule is C=CC(=O)O/C=C\Oc1ccc(-c2ccc(OC(=O)C=C)cc2)c(F)c1. The molecular formula is C20H15FO5. The van der Waals surface area contributed by atoms with Crippen LogP contribution in [-0.2, 0) is 14.3 Å². The second-order valence-electron chi connectivity index (χ2n) is 4.82. The molecule has 0 spiro atoms. The molecule has 6 heteroatoms. The quantitative estimate of drug-likeness (QED) is 0.323. The molecule has 132 valence electrons. The first-order valence-electron chi connectivity index (χ1n) is 7.42. The lowest BCUT2D eigenvalue weighted by molar-refractivity contribution is -0.132. The number of halogens is 1. The van der Waals surface area contributed by atoms with E-state index in [4.69, 9.17) is 9.47 Å². The van der Waals surface area contributed by atoms with E-state index >= 15 is 0 Å². The fourth-order valence-electron chi connectivity index (χ4n) is 1.91. The summed E-state index contributed by atoms with van der Waals surface area (Å²) in [6.45, 7) is 6.56. The van der Waals surface area contributed by atoms with Crippen molar-refractivity contribution in [2.45, 2.75) is 0 Å². The van der Waals surface area contributed by atoms with Crippen LogP contribution in [0.15, 0.2) is 80.3 Å². The molecule has 0 heterocycles. The molecule has 26 heavy (non-hydrogen) atoms. The molecule has 0 radical (unpaired) electrons. The molecule has 0 aliphatic heterocycles. The van der Waals surface area contributed by atoms with Crippen LogP contribution in [0.5, 0.6) is 11.5 Å². The van der Waals surface area contributed by atoms with Gasteiger partial charge in [0.05, 0.1) is 0 Å². The van der Waals surface area contributed by atoms with Crippen LogP contribution in [0.25, 0.3) is 11.1 Å². The summed E-state index contributed by atoms with van der Waals surface area (Å²) in [5.41, 5.74) is 0.948. The minimum atomic E-state index is -0.631. The van der Waals surface area contributed by atoms with Crippen molar-refractivity contribution in [3.63, 3.8) is 0 Å². The second-order valence-corrected chi connectivity index (χ2v) is 4.82. The van der Waals surface area contributed by atoms with Gasteiger partial charge < -0.3 is 14.2 Å². The molecule has 2 rings (SSSR count). The Kier molecular flexibility index (Phi) is 6.45. The normalized spacial score (nSPS) is 10.2. The summed E-state index contributed by atoms with van der Waals surface area (Å²) < 4.78 is 29.0. The molecule has 0 saturated carbocycles. The molecule has 0 N–H and O–H groups in total. The van der Waals surface area contributed by atoms with Crippen LogP contribution in [0.1, 0.15) is 0 Å². The van der Waals surface area contributed by atoms with Crippen molar-refractivity contribution in [2.24, 2.45) is 0 Å². The molecule has 2 aromatic rings. The van der Waals surface area contributed by atoms with Crippen molar-refractivity contribution in [1.29, 1.82) is 0 Å².